The molecule has 160 valence electrons. The second-order valence-corrected chi connectivity index (χ2v) is 8.23. The first-order valence-electron chi connectivity index (χ1n) is 9.65. The molecule has 0 atom stereocenters. The van der Waals surface area contributed by atoms with Crippen LogP contribution in [0.1, 0.15) is 16.8 Å². The zero-order chi connectivity index (χ0) is 21.8. The number of imidazole rings is 1. The zero-order valence-electron chi connectivity index (χ0n) is 17.1. The number of methoxy groups -OCH3 is 2. The van der Waals surface area contributed by atoms with Crippen molar-refractivity contribution in [3.05, 3.63) is 65.7 Å². The molecule has 0 aliphatic rings. The molecule has 0 bridgehead atoms. The van der Waals surface area contributed by atoms with Crippen LogP contribution in [0.5, 0.6) is 11.5 Å². The standard InChI is InChI=1S/C22H21ClN4O3S/c1-29-18-7-4-15(12-19(18)30-2)21(28)27(10-3-9-26-11-8-24-14-26)22-25-17-6-5-16(23)13-20(17)31-22/h4-8,11-14H,3,9-10H2,1-2H3. The van der Waals surface area contributed by atoms with Crippen molar-refractivity contribution >= 4 is 44.2 Å². The fourth-order valence-electron chi connectivity index (χ4n) is 3.24. The average Bonchev–Trinajstić information content (AvgIpc) is 3.45. The molecule has 9 heteroatoms. The third-order valence-electron chi connectivity index (χ3n) is 4.80. The summed E-state index contributed by atoms with van der Waals surface area (Å²) in [6.07, 6.45) is 6.15. The summed E-state index contributed by atoms with van der Waals surface area (Å²) in [5, 5.41) is 1.27. The normalized spacial score (nSPS) is 10.9. The minimum atomic E-state index is -0.156. The molecule has 0 fully saturated rings. The summed E-state index contributed by atoms with van der Waals surface area (Å²) in [6, 6.07) is 10.7. The van der Waals surface area contributed by atoms with Gasteiger partial charge < -0.3 is 14.0 Å². The maximum absolute atomic E-state index is 13.5. The van der Waals surface area contributed by atoms with Gasteiger partial charge in [-0.05, 0) is 42.8 Å². The molecule has 2 aromatic carbocycles. The first-order valence-corrected chi connectivity index (χ1v) is 10.8. The number of benzene rings is 2. The van der Waals surface area contributed by atoms with Gasteiger partial charge in [-0.25, -0.2) is 9.97 Å². The summed E-state index contributed by atoms with van der Waals surface area (Å²) in [6.45, 7) is 1.24. The number of nitrogens with zero attached hydrogens (tertiary/aromatic N) is 4. The summed E-state index contributed by atoms with van der Waals surface area (Å²) in [4.78, 5) is 24.0. The number of hydrogen-bond donors (Lipinski definition) is 0. The maximum atomic E-state index is 13.5. The number of halogens is 1. The molecule has 1 amide bonds. The Morgan fingerprint density at radius 2 is 2.00 bits per heavy atom. The number of rotatable bonds is 8. The van der Waals surface area contributed by atoms with Gasteiger partial charge in [0.25, 0.3) is 5.91 Å². The van der Waals surface area contributed by atoms with Gasteiger partial charge in [0.1, 0.15) is 0 Å². The van der Waals surface area contributed by atoms with E-state index >= 15 is 0 Å². The van der Waals surface area contributed by atoms with E-state index in [0.717, 1.165) is 23.2 Å². The summed E-state index contributed by atoms with van der Waals surface area (Å²) >= 11 is 7.57. The van der Waals surface area contributed by atoms with Gasteiger partial charge in [0, 0.05) is 36.1 Å². The van der Waals surface area contributed by atoms with Crippen molar-refractivity contribution in [2.24, 2.45) is 0 Å². The van der Waals surface area contributed by atoms with E-state index in [1.165, 1.54) is 11.3 Å². The molecule has 0 saturated carbocycles. The number of fused-ring (bicyclic) bond motifs is 1. The average molecular weight is 457 g/mol. The topological polar surface area (TPSA) is 69.5 Å². The Morgan fingerprint density at radius 3 is 2.74 bits per heavy atom. The van der Waals surface area contributed by atoms with Crippen LogP contribution in [-0.2, 0) is 6.54 Å². The molecule has 0 radical (unpaired) electrons. The Labute approximate surface area is 188 Å². The van der Waals surface area contributed by atoms with Crippen molar-refractivity contribution in [3.8, 4) is 11.5 Å². The van der Waals surface area contributed by atoms with Crippen LogP contribution in [0, 0.1) is 0 Å². The van der Waals surface area contributed by atoms with E-state index in [1.807, 2.05) is 22.9 Å². The van der Waals surface area contributed by atoms with Crippen LogP contribution < -0.4 is 14.4 Å². The van der Waals surface area contributed by atoms with Crippen LogP contribution >= 0.6 is 22.9 Å². The lowest BCUT2D eigenvalue weighted by Gasteiger charge is -2.20. The Balaban J connectivity index is 1.65. The highest BCUT2D eigenvalue weighted by atomic mass is 35.5. The monoisotopic (exact) mass is 456 g/mol. The van der Waals surface area contributed by atoms with Crippen LogP contribution in [-0.4, -0.2) is 41.2 Å². The van der Waals surface area contributed by atoms with E-state index in [0.29, 0.717) is 33.8 Å². The lowest BCUT2D eigenvalue weighted by Crippen LogP contribution is -2.32. The van der Waals surface area contributed by atoms with Crippen molar-refractivity contribution in [2.45, 2.75) is 13.0 Å². The van der Waals surface area contributed by atoms with Gasteiger partial charge in [0.15, 0.2) is 16.6 Å². The Bertz CT molecular complexity index is 1190. The molecule has 0 aliphatic heterocycles. The van der Waals surface area contributed by atoms with Crippen LogP contribution in [0.2, 0.25) is 5.02 Å². The number of amides is 1. The summed E-state index contributed by atoms with van der Waals surface area (Å²) in [5.74, 6) is 0.917. The minimum Gasteiger partial charge on any atom is -0.493 e. The molecule has 0 N–H and O–H groups in total. The third kappa shape index (κ3) is 4.65. The fourth-order valence-corrected chi connectivity index (χ4v) is 4.51. The lowest BCUT2D eigenvalue weighted by atomic mass is 10.1. The lowest BCUT2D eigenvalue weighted by molar-refractivity contribution is 0.0986. The highest BCUT2D eigenvalue weighted by Gasteiger charge is 2.22. The first-order chi connectivity index (χ1) is 15.1. The van der Waals surface area contributed by atoms with E-state index in [1.54, 1.807) is 55.9 Å². The largest absolute Gasteiger partial charge is 0.493 e. The quantitative estimate of drug-likeness (QED) is 0.377. The summed E-state index contributed by atoms with van der Waals surface area (Å²) in [5.41, 5.74) is 1.31. The molecule has 0 unspecified atom stereocenters. The van der Waals surface area contributed by atoms with Gasteiger partial charge in [0.2, 0.25) is 0 Å². The second-order valence-electron chi connectivity index (χ2n) is 6.79. The van der Waals surface area contributed by atoms with Gasteiger partial charge in [-0.3, -0.25) is 9.69 Å². The molecular formula is C22H21ClN4O3S. The number of thiazole rings is 1. The Morgan fingerprint density at radius 1 is 1.16 bits per heavy atom. The van der Waals surface area contributed by atoms with Crippen LogP contribution in [0.4, 0.5) is 5.13 Å². The van der Waals surface area contributed by atoms with Gasteiger partial charge in [0.05, 0.1) is 30.8 Å². The van der Waals surface area contributed by atoms with Crippen molar-refractivity contribution in [1.29, 1.82) is 0 Å². The SMILES string of the molecule is COc1ccc(C(=O)N(CCCn2ccnc2)c2nc3ccc(Cl)cc3s2)cc1OC. The third-order valence-corrected chi connectivity index (χ3v) is 6.08. The molecule has 4 rings (SSSR count). The summed E-state index contributed by atoms with van der Waals surface area (Å²) < 4.78 is 13.6. The highest BCUT2D eigenvalue weighted by Crippen LogP contribution is 2.33. The van der Waals surface area contributed by atoms with Crippen molar-refractivity contribution in [3.63, 3.8) is 0 Å². The van der Waals surface area contributed by atoms with E-state index in [-0.39, 0.29) is 5.91 Å². The number of aryl methyl sites for hydroxylation is 1. The number of aromatic nitrogens is 3. The predicted octanol–water partition coefficient (Wildman–Crippen LogP) is 4.90. The molecule has 0 saturated heterocycles. The van der Waals surface area contributed by atoms with Crippen LogP contribution in [0.3, 0.4) is 0 Å². The number of ether oxygens (including phenoxy) is 2. The molecule has 2 heterocycles. The molecular weight excluding hydrogens is 436 g/mol. The number of carbonyl (C=O) groups excluding carboxylic acids is 1. The highest BCUT2D eigenvalue weighted by molar-refractivity contribution is 7.22. The second kappa shape index (κ2) is 9.36. The van der Waals surface area contributed by atoms with Crippen molar-refractivity contribution in [1.82, 2.24) is 14.5 Å². The van der Waals surface area contributed by atoms with Crippen LogP contribution in [0.15, 0.2) is 55.1 Å². The molecule has 7 nitrogen and oxygen atoms in total. The summed E-state index contributed by atoms with van der Waals surface area (Å²) in [7, 11) is 3.11. The number of carbonyl (C=O) groups is 1. The first kappa shape index (κ1) is 21.1. The smallest absolute Gasteiger partial charge is 0.260 e. The van der Waals surface area contributed by atoms with Gasteiger partial charge in [-0.15, -0.1) is 0 Å². The van der Waals surface area contributed by atoms with Gasteiger partial charge >= 0.3 is 0 Å². The molecule has 0 spiro atoms. The zero-order valence-corrected chi connectivity index (χ0v) is 18.7. The fraction of sp³-hybridized carbons (Fsp3) is 0.227. The Kier molecular flexibility index (Phi) is 6.39. The van der Waals surface area contributed by atoms with Gasteiger partial charge in [-0.1, -0.05) is 22.9 Å². The molecule has 4 aromatic rings. The van der Waals surface area contributed by atoms with Crippen LogP contribution in [0.25, 0.3) is 10.2 Å². The van der Waals surface area contributed by atoms with Gasteiger partial charge in [-0.2, -0.15) is 0 Å². The van der Waals surface area contributed by atoms with Crippen molar-refractivity contribution < 1.29 is 14.3 Å². The van der Waals surface area contributed by atoms with E-state index in [9.17, 15) is 4.79 Å². The Hall–Kier alpha value is -3.10. The van der Waals surface area contributed by atoms with E-state index in [4.69, 9.17) is 21.1 Å². The van der Waals surface area contributed by atoms with Crippen molar-refractivity contribution in [2.75, 3.05) is 25.7 Å². The molecule has 31 heavy (non-hydrogen) atoms. The number of anilines is 1. The molecule has 0 aliphatic carbocycles. The predicted molar refractivity (Wildman–Crippen MR) is 123 cm³/mol. The van der Waals surface area contributed by atoms with E-state index < -0.39 is 0 Å². The molecule has 2 aromatic heterocycles. The maximum Gasteiger partial charge on any atom is 0.260 e. The van der Waals surface area contributed by atoms with E-state index in [2.05, 4.69) is 9.97 Å². The minimum absolute atomic E-state index is 0.156. The number of hydrogen-bond acceptors (Lipinski definition) is 6.